The van der Waals surface area contributed by atoms with Crippen molar-refractivity contribution in [2.75, 3.05) is 6.54 Å². The van der Waals surface area contributed by atoms with E-state index in [9.17, 15) is 4.79 Å². The van der Waals surface area contributed by atoms with Gasteiger partial charge in [-0.2, -0.15) is 0 Å². The van der Waals surface area contributed by atoms with Gasteiger partial charge in [-0.1, -0.05) is 12.2 Å². The minimum Gasteiger partial charge on any atom is -0.371 e. The molecule has 0 aromatic rings. The lowest BCUT2D eigenvalue weighted by Crippen LogP contribution is -2.30. The Morgan fingerprint density at radius 1 is 1.88 bits per heavy atom. The molecule has 0 fully saturated rings. The number of hydrogen-bond acceptors (Lipinski definition) is 2. The molecule has 4 heteroatoms. The number of nitrogens with one attached hydrogen (secondary N) is 1. The number of amides is 1. The Labute approximate surface area is 53.2 Å². The predicted octanol–water partition coefficient (Wildman–Crippen LogP) is -0.591. The molecule has 0 aromatic heterocycles. The highest BCUT2D eigenvalue weighted by molar-refractivity contribution is 7.80. The Morgan fingerprint density at radius 3 is 2.50 bits per heavy atom. The summed E-state index contributed by atoms with van der Waals surface area (Å²) >= 11 is 4.60. The van der Waals surface area contributed by atoms with Gasteiger partial charge >= 0.3 is 0 Å². The van der Waals surface area contributed by atoms with Crippen LogP contribution in [0.3, 0.4) is 0 Å². The van der Waals surface area contributed by atoms with Gasteiger partial charge in [-0.3, -0.25) is 4.79 Å². The Bertz CT molecular complexity index is 98.6. The smallest absolute Gasteiger partial charge is 0.236 e. The summed E-state index contributed by atoms with van der Waals surface area (Å²) in [6.07, 6.45) is 0. The summed E-state index contributed by atoms with van der Waals surface area (Å²) in [5, 5.41) is 2.60. The SMILES string of the molecule is CC(=S)NCC(N)=O. The van der Waals surface area contributed by atoms with E-state index in [1.165, 1.54) is 0 Å². The molecular weight excluding hydrogens is 124 g/mol. The Balaban J connectivity index is 3.18. The van der Waals surface area contributed by atoms with E-state index in [4.69, 9.17) is 5.73 Å². The molecule has 0 atom stereocenters. The molecule has 0 bridgehead atoms. The highest BCUT2D eigenvalue weighted by Crippen LogP contribution is 1.63. The van der Waals surface area contributed by atoms with Gasteiger partial charge in [0.15, 0.2) is 0 Å². The summed E-state index contributed by atoms with van der Waals surface area (Å²) in [6, 6.07) is 0. The van der Waals surface area contributed by atoms with Gasteiger partial charge in [-0.25, -0.2) is 0 Å². The second-order valence-corrected chi connectivity index (χ2v) is 1.99. The summed E-state index contributed by atoms with van der Waals surface area (Å²) in [4.78, 5) is 10.6. The maximum atomic E-state index is 10.0. The number of hydrogen-bond donors (Lipinski definition) is 2. The van der Waals surface area contributed by atoms with Crippen molar-refractivity contribution in [2.24, 2.45) is 5.73 Å². The van der Waals surface area contributed by atoms with Crippen LogP contribution in [0.2, 0.25) is 0 Å². The van der Waals surface area contributed by atoms with Crippen molar-refractivity contribution in [3.05, 3.63) is 0 Å². The molecule has 8 heavy (non-hydrogen) atoms. The lowest BCUT2D eigenvalue weighted by Gasteiger charge is -1.96. The molecule has 3 nitrogen and oxygen atoms in total. The Morgan fingerprint density at radius 2 is 2.38 bits per heavy atom. The summed E-state index contributed by atoms with van der Waals surface area (Å²) in [5.74, 6) is -0.394. The number of rotatable bonds is 2. The summed E-state index contributed by atoms with van der Waals surface area (Å²) in [7, 11) is 0. The zero-order valence-corrected chi connectivity index (χ0v) is 5.42. The predicted molar refractivity (Wildman–Crippen MR) is 35.5 cm³/mol. The van der Waals surface area contributed by atoms with Gasteiger partial charge in [-0.15, -0.1) is 0 Å². The zero-order valence-electron chi connectivity index (χ0n) is 4.60. The molecule has 0 aromatic carbocycles. The third-order valence-corrected chi connectivity index (χ3v) is 0.656. The average Bonchev–Trinajstić information content (AvgIpc) is 1.61. The summed E-state index contributed by atoms with van der Waals surface area (Å²) < 4.78 is 0. The van der Waals surface area contributed by atoms with Crippen LogP contribution in [-0.4, -0.2) is 17.4 Å². The van der Waals surface area contributed by atoms with Gasteiger partial charge in [0.2, 0.25) is 5.91 Å². The summed E-state index contributed by atoms with van der Waals surface area (Å²) in [5.41, 5.74) is 4.78. The molecule has 0 unspecified atom stereocenters. The first-order valence-corrected chi connectivity index (χ1v) is 2.56. The topological polar surface area (TPSA) is 55.1 Å². The zero-order chi connectivity index (χ0) is 6.57. The van der Waals surface area contributed by atoms with Crippen molar-refractivity contribution in [3.63, 3.8) is 0 Å². The standard InChI is InChI=1S/C4H8N2OS/c1-3(8)6-2-4(5)7/h2H2,1H3,(H2,5,7)(H,6,8). The molecule has 0 spiro atoms. The molecule has 0 aliphatic rings. The number of carbonyl (C=O) groups excluding carboxylic acids is 1. The number of primary amides is 1. The fourth-order valence-corrected chi connectivity index (χ4v) is 0.284. The van der Waals surface area contributed by atoms with Crippen LogP contribution < -0.4 is 11.1 Å². The molecule has 0 saturated carbocycles. The molecule has 0 heterocycles. The van der Waals surface area contributed by atoms with Crippen molar-refractivity contribution in [1.82, 2.24) is 5.32 Å². The van der Waals surface area contributed by atoms with Gasteiger partial charge in [0.05, 0.1) is 11.5 Å². The van der Waals surface area contributed by atoms with Crippen molar-refractivity contribution in [1.29, 1.82) is 0 Å². The number of thiocarbonyl (C=S) groups is 1. The van der Waals surface area contributed by atoms with E-state index in [1.54, 1.807) is 6.92 Å². The van der Waals surface area contributed by atoms with Crippen molar-refractivity contribution in [2.45, 2.75) is 6.92 Å². The second-order valence-electron chi connectivity index (χ2n) is 1.38. The second kappa shape index (κ2) is 3.37. The molecular formula is C4H8N2OS. The monoisotopic (exact) mass is 132 g/mol. The van der Waals surface area contributed by atoms with Crippen molar-refractivity contribution >= 4 is 23.1 Å². The fraction of sp³-hybridized carbons (Fsp3) is 0.500. The van der Waals surface area contributed by atoms with Crippen LogP contribution in [0.5, 0.6) is 0 Å². The molecule has 0 aliphatic heterocycles. The van der Waals surface area contributed by atoms with Crippen molar-refractivity contribution < 1.29 is 4.79 Å². The van der Waals surface area contributed by atoms with Gasteiger partial charge in [0.25, 0.3) is 0 Å². The number of nitrogens with two attached hydrogens (primary N) is 1. The van der Waals surface area contributed by atoms with Gasteiger partial charge in [-0.05, 0) is 6.92 Å². The molecule has 46 valence electrons. The quantitative estimate of drug-likeness (QED) is 0.494. The maximum absolute atomic E-state index is 10.0. The maximum Gasteiger partial charge on any atom is 0.236 e. The van der Waals surface area contributed by atoms with Crippen LogP contribution >= 0.6 is 12.2 Å². The van der Waals surface area contributed by atoms with Crippen LogP contribution in [0.15, 0.2) is 0 Å². The first-order valence-electron chi connectivity index (χ1n) is 2.15. The van der Waals surface area contributed by atoms with E-state index in [0.717, 1.165) is 0 Å². The minimum atomic E-state index is -0.394. The molecule has 1 amide bonds. The van der Waals surface area contributed by atoms with Crippen LogP contribution in [0.4, 0.5) is 0 Å². The van der Waals surface area contributed by atoms with E-state index in [2.05, 4.69) is 17.5 Å². The number of carbonyl (C=O) groups is 1. The molecule has 0 radical (unpaired) electrons. The molecule has 0 rings (SSSR count). The average molecular weight is 132 g/mol. The molecule has 0 saturated heterocycles. The minimum absolute atomic E-state index is 0.134. The Kier molecular flexibility index (Phi) is 3.10. The van der Waals surface area contributed by atoms with Gasteiger partial charge in [0.1, 0.15) is 0 Å². The largest absolute Gasteiger partial charge is 0.371 e. The van der Waals surface area contributed by atoms with E-state index in [-0.39, 0.29) is 6.54 Å². The highest BCUT2D eigenvalue weighted by atomic mass is 32.1. The van der Waals surface area contributed by atoms with Crippen LogP contribution in [-0.2, 0) is 4.79 Å². The van der Waals surface area contributed by atoms with E-state index in [0.29, 0.717) is 4.99 Å². The first-order chi connectivity index (χ1) is 3.63. The van der Waals surface area contributed by atoms with Crippen LogP contribution in [0, 0.1) is 0 Å². The van der Waals surface area contributed by atoms with Crippen LogP contribution in [0.1, 0.15) is 6.92 Å². The highest BCUT2D eigenvalue weighted by Gasteiger charge is 1.89. The van der Waals surface area contributed by atoms with E-state index < -0.39 is 5.91 Å². The van der Waals surface area contributed by atoms with Gasteiger partial charge in [0, 0.05) is 0 Å². The van der Waals surface area contributed by atoms with E-state index >= 15 is 0 Å². The fourth-order valence-electron chi connectivity index (χ4n) is 0.212. The lowest BCUT2D eigenvalue weighted by molar-refractivity contribution is -0.116. The Hall–Kier alpha value is -0.640. The van der Waals surface area contributed by atoms with E-state index in [1.807, 2.05) is 0 Å². The van der Waals surface area contributed by atoms with Crippen molar-refractivity contribution in [3.8, 4) is 0 Å². The molecule has 3 N–H and O–H groups in total. The lowest BCUT2D eigenvalue weighted by atomic mass is 10.6. The molecule has 0 aliphatic carbocycles. The third kappa shape index (κ3) is 5.36. The van der Waals surface area contributed by atoms with Crippen LogP contribution in [0.25, 0.3) is 0 Å². The third-order valence-electron chi connectivity index (χ3n) is 0.512. The normalized spacial score (nSPS) is 8.12. The first kappa shape index (κ1) is 7.36. The summed E-state index contributed by atoms with van der Waals surface area (Å²) in [6.45, 7) is 1.83. The van der Waals surface area contributed by atoms with Gasteiger partial charge < -0.3 is 11.1 Å².